The molecule has 0 fully saturated rings. The molecule has 116 valence electrons. The third-order valence-corrected chi connectivity index (χ3v) is 3.72. The van der Waals surface area contributed by atoms with Gasteiger partial charge in [-0.05, 0) is 35.4 Å². The summed E-state index contributed by atoms with van der Waals surface area (Å²) >= 11 is 6.07. The van der Waals surface area contributed by atoms with Gasteiger partial charge in [0, 0.05) is 29.0 Å². The van der Waals surface area contributed by atoms with Crippen LogP contribution in [0.5, 0.6) is 5.88 Å². The molecule has 0 unspecified atom stereocenters. The Morgan fingerprint density at radius 1 is 1.17 bits per heavy atom. The molecule has 0 radical (unpaired) electrons. The lowest BCUT2D eigenvalue weighted by molar-refractivity contribution is 0.399. The van der Waals surface area contributed by atoms with Crippen LogP contribution in [0.2, 0.25) is 5.02 Å². The Morgan fingerprint density at radius 3 is 2.78 bits per heavy atom. The first kappa shape index (κ1) is 15.3. The van der Waals surface area contributed by atoms with Crippen LogP contribution in [0.3, 0.4) is 0 Å². The summed E-state index contributed by atoms with van der Waals surface area (Å²) in [6, 6.07) is 14.6. The van der Waals surface area contributed by atoms with Crippen molar-refractivity contribution in [3.8, 4) is 17.0 Å². The van der Waals surface area contributed by atoms with Gasteiger partial charge in [0.1, 0.15) is 0 Å². The Kier molecular flexibility index (Phi) is 4.44. The molecule has 0 N–H and O–H groups in total. The minimum atomic E-state index is -0.0485. The molecule has 0 amide bonds. The third kappa shape index (κ3) is 3.43. The molecule has 0 aliphatic heterocycles. The van der Waals surface area contributed by atoms with Gasteiger partial charge in [-0.25, -0.2) is 4.98 Å². The van der Waals surface area contributed by atoms with Crippen LogP contribution < -0.4 is 10.3 Å². The smallest absolute Gasteiger partial charge is 0.250 e. The lowest BCUT2D eigenvalue weighted by atomic mass is 10.1. The number of hydrogen-bond acceptors (Lipinski definition) is 3. The number of ether oxygens (including phenoxy) is 1. The van der Waals surface area contributed by atoms with Crippen molar-refractivity contribution in [2.75, 3.05) is 7.11 Å². The molecule has 5 heteroatoms. The fourth-order valence-electron chi connectivity index (χ4n) is 2.40. The van der Waals surface area contributed by atoms with Crippen molar-refractivity contribution in [2.45, 2.75) is 6.54 Å². The Balaban J connectivity index is 2.03. The van der Waals surface area contributed by atoms with Crippen molar-refractivity contribution in [3.05, 3.63) is 81.9 Å². The van der Waals surface area contributed by atoms with Crippen molar-refractivity contribution in [2.24, 2.45) is 0 Å². The van der Waals surface area contributed by atoms with Crippen molar-refractivity contribution in [1.82, 2.24) is 9.55 Å². The van der Waals surface area contributed by atoms with Crippen LogP contribution in [0.25, 0.3) is 11.1 Å². The molecular weight excluding hydrogens is 312 g/mol. The average Bonchev–Trinajstić information content (AvgIpc) is 2.57. The van der Waals surface area contributed by atoms with Crippen LogP contribution in [0.4, 0.5) is 0 Å². The van der Waals surface area contributed by atoms with Crippen LogP contribution in [0.15, 0.2) is 65.7 Å². The molecule has 0 aliphatic carbocycles. The predicted octanol–water partition coefficient (Wildman–Crippen LogP) is 3.62. The Hall–Kier alpha value is -2.59. The van der Waals surface area contributed by atoms with Crippen LogP contribution >= 0.6 is 11.6 Å². The summed E-state index contributed by atoms with van der Waals surface area (Å²) in [7, 11) is 1.58. The number of methoxy groups -OCH3 is 1. The third-order valence-electron chi connectivity index (χ3n) is 3.49. The van der Waals surface area contributed by atoms with Gasteiger partial charge in [-0.3, -0.25) is 4.79 Å². The number of hydrogen-bond donors (Lipinski definition) is 0. The zero-order chi connectivity index (χ0) is 16.2. The number of aromatic nitrogens is 2. The van der Waals surface area contributed by atoms with Crippen molar-refractivity contribution >= 4 is 11.6 Å². The van der Waals surface area contributed by atoms with E-state index in [1.165, 1.54) is 6.07 Å². The molecule has 2 heterocycles. The molecule has 0 atom stereocenters. The fourth-order valence-corrected chi connectivity index (χ4v) is 2.59. The summed E-state index contributed by atoms with van der Waals surface area (Å²) in [5, 5.41) is 0.647. The number of benzene rings is 1. The summed E-state index contributed by atoms with van der Waals surface area (Å²) < 4.78 is 6.98. The maximum absolute atomic E-state index is 11.8. The van der Waals surface area contributed by atoms with Crippen LogP contribution in [-0.4, -0.2) is 16.7 Å². The molecular formula is C18H15ClN2O2. The van der Waals surface area contributed by atoms with E-state index in [-0.39, 0.29) is 5.56 Å². The van der Waals surface area contributed by atoms with Gasteiger partial charge in [-0.1, -0.05) is 29.8 Å². The highest BCUT2D eigenvalue weighted by molar-refractivity contribution is 6.30. The molecule has 3 aromatic rings. The van der Waals surface area contributed by atoms with E-state index in [1.807, 2.05) is 36.4 Å². The van der Waals surface area contributed by atoms with E-state index in [1.54, 1.807) is 30.1 Å². The van der Waals surface area contributed by atoms with Gasteiger partial charge in [-0.2, -0.15) is 0 Å². The van der Waals surface area contributed by atoms with Gasteiger partial charge in [0.2, 0.25) is 5.88 Å². The molecule has 3 rings (SSSR count). The summed E-state index contributed by atoms with van der Waals surface area (Å²) in [5.74, 6) is 0.524. The molecule has 2 aromatic heterocycles. The van der Waals surface area contributed by atoms with E-state index >= 15 is 0 Å². The van der Waals surface area contributed by atoms with Crippen molar-refractivity contribution in [1.29, 1.82) is 0 Å². The first-order valence-electron chi connectivity index (χ1n) is 7.11. The lowest BCUT2D eigenvalue weighted by Crippen LogP contribution is -2.18. The molecule has 23 heavy (non-hydrogen) atoms. The molecule has 0 aliphatic rings. The van der Waals surface area contributed by atoms with Gasteiger partial charge in [-0.15, -0.1) is 0 Å². The largest absolute Gasteiger partial charge is 0.481 e. The van der Waals surface area contributed by atoms with Gasteiger partial charge < -0.3 is 9.30 Å². The Bertz CT molecular complexity index is 890. The van der Waals surface area contributed by atoms with Crippen molar-refractivity contribution in [3.63, 3.8) is 0 Å². The highest BCUT2D eigenvalue weighted by atomic mass is 35.5. The summed E-state index contributed by atoms with van der Waals surface area (Å²) in [4.78, 5) is 16.2. The Labute approximate surface area is 139 Å². The predicted molar refractivity (Wildman–Crippen MR) is 91.0 cm³/mol. The monoisotopic (exact) mass is 326 g/mol. The van der Waals surface area contributed by atoms with Gasteiger partial charge in [0.15, 0.2) is 0 Å². The fraction of sp³-hybridized carbons (Fsp3) is 0.111. The van der Waals surface area contributed by atoms with E-state index in [0.29, 0.717) is 17.4 Å². The standard InChI is InChI=1S/C18H15ClN2O2/c1-23-18-16(14-5-4-6-15(19)10-14)9-13(11-20-18)12-21-8-3-2-7-17(21)22/h2-11H,12H2,1H3. The second kappa shape index (κ2) is 6.67. The topological polar surface area (TPSA) is 44.1 Å². The average molecular weight is 327 g/mol. The molecule has 1 aromatic carbocycles. The highest BCUT2D eigenvalue weighted by Crippen LogP contribution is 2.30. The van der Waals surface area contributed by atoms with Crippen molar-refractivity contribution < 1.29 is 4.74 Å². The molecule has 4 nitrogen and oxygen atoms in total. The SMILES string of the molecule is COc1ncc(Cn2ccccc2=O)cc1-c1cccc(Cl)c1. The molecule has 0 spiro atoms. The number of nitrogens with zero attached hydrogens (tertiary/aromatic N) is 2. The second-order valence-electron chi connectivity index (χ2n) is 5.08. The minimum absolute atomic E-state index is 0.0485. The summed E-state index contributed by atoms with van der Waals surface area (Å²) in [5.41, 5.74) is 2.63. The molecule has 0 saturated heterocycles. The maximum Gasteiger partial charge on any atom is 0.250 e. The van der Waals surface area contributed by atoms with E-state index in [0.717, 1.165) is 16.7 Å². The zero-order valence-electron chi connectivity index (χ0n) is 12.6. The van der Waals surface area contributed by atoms with E-state index in [4.69, 9.17) is 16.3 Å². The van der Waals surface area contributed by atoms with Crippen LogP contribution in [0, 0.1) is 0 Å². The minimum Gasteiger partial charge on any atom is -0.481 e. The van der Waals surface area contributed by atoms with E-state index in [9.17, 15) is 4.79 Å². The normalized spacial score (nSPS) is 10.5. The Morgan fingerprint density at radius 2 is 2.04 bits per heavy atom. The van der Waals surface area contributed by atoms with Crippen LogP contribution in [-0.2, 0) is 6.54 Å². The summed E-state index contributed by atoms with van der Waals surface area (Å²) in [6.07, 6.45) is 3.47. The first-order valence-corrected chi connectivity index (χ1v) is 7.49. The molecule has 0 bridgehead atoms. The quantitative estimate of drug-likeness (QED) is 0.735. The number of halogens is 1. The van der Waals surface area contributed by atoms with Crippen LogP contribution in [0.1, 0.15) is 5.56 Å². The number of rotatable bonds is 4. The van der Waals surface area contributed by atoms with E-state index in [2.05, 4.69) is 4.98 Å². The zero-order valence-corrected chi connectivity index (χ0v) is 13.3. The highest BCUT2D eigenvalue weighted by Gasteiger charge is 2.10. The molecule has 0 saturated carbocycles. The first-order chi connectivity index (χ1) is 11.2. The lowest BCUT2D eigenvalue weighted by Gasteiger charge is -2.11. The van der Waals surface area contributed by atoms with Gasteiger partial charge in [0.25, 0.3) is 5.56 Å². The summed E-state index contributed by atoms with van der Waals surface area (Å²) in [6.45, 7) is 0.449. The van der Waals surface area contributed by atoms with Gasteiger partial charge in [0.05, 0.1) is 13.7 Å². The van der Waals surface area contributed by atoms with Gasteiger partial charge >= 0.3 is 0 Å². The van der Waals surface area contributed by atoms with E-state index < -0.39 is 0 Å². The number of pyridine rings is 2. The maximum atomic E-state index is 11.8. The second-order valence-corrected chi connectivity index (χ2v) is 5.51.